The zero-order valence-electron chi connectivity index (χ0n) is 7.53. The topological polar surface area (TPSA) is 40.0 Å². The first kappa shape index (κ1) is 7.67. The monoisotopic (exact) mass is 191 g/mol. The molecule has 0 aliphatic carbocycles. The van der Waals surface area contributed by atoms with E-state index in [4.69, 9.17) is 14.2 Å². The van der Waals surface area contributed by atoms with Crippen molar-refractivity contribution in [1.29, 1.82) is 0 Å². The molecule has 0 N–H and O–H groups in total. The number of aliphatic imine (C=N–C) groups is 1. The predicted octanol–water partition coefficient (Wildman–Crippen LogP) is 1.19. The summed E-state index contributed by atoms with van der Waals surface area (Å²) in [6.07, 6.45) is 0. The standard InChI is InChI=1S/C10H9NO3/c1-2-8-9(14-6-13-8)5-7(1)10-11-3-4-12-10/h1-2,5H,3-4,6H2. The molecule has 0 amide bonds. The van der Waals surface area contributed by atoms with E-state index >= 15 is 0 Å². The van der Waals surface area contributed by atoms with Crippen molar-refractivity contribution in [2.75, 3.05) is 19.9 Å². The van der Waals surface area contributed by atoms with Crippen molar-refractivity contribution in [2.24, 2.45) is 4.99 Å². The van der Waals surface area contributed by atoms with E-state index in [1.807, 2.05) is 18.2 Å². The molecule has 72 valence electrons. The molecule has 2 heterocycles. The van der Waals surface area contributed by atoms with Gasteiger partial charge in [-0.25, -0.2) is 4.99 Å². The lowest BCUT2D eigenvalue weighted by molar-refractivity contribution is 0.174. The fraction of sp³-hybridized carbons (Fsp3) is 0.300. The molecule has 1 aromatic carbocycles. The van der Waals surface area contributed by atoms with E-state index in [2.05, 4.69) is 4.99 Å². The quantitative estimate of drug-likeness (QED) is 0.669. The molecule has 0 bridgehead atoms. The molecular weight excluding hydrogens is 182 g/mol. The average molecular weight is 191 g/mol. The largest absolute Gasteiger partial charge is 0.476 e. The Morgan fingerprint density at radius 1 is 1.07 bits per heavy atom. The Balaban J connectivity index is 2.00. The summed E-state index contributed by atoms with van der Waals surface area (Å²) in [6.45, 7) is 1.71. The summed E-state index contributed by atoms with van der Waals surface area (Å²) in [6, 6.07) is 5.70. The van der Waals surface area contributed by atoms with Crippen LogP contribution in [0.1, 0.15) is 5.56 Å². The summed E-state index contributed by atoms with van der Waals surface area (Å²) in [5.41, 5.74) is 0.951. The van der Waals surface area contributed by atoms with Crippen LogP contribution < -0.4 is 9.47 Å². The zero-order chi connectivity index (χ0) is 9.38. The number of hydrogen-bond donors (Lipinski definition) is 0. The van der Waals surface area contributed by atoms with Crippen LogP contribution in [0.3, 0.4) is 0 Å². The van der Waals surface area contributed by atoms with Gasteiger partial charge in [0.2, 0.25) is 12.7 Å². The van der Waals surface area contributed by atoms with Crippen molar-refractivity contribution >= 4 is 5.90 Å². The minimum absolute atomic E-state index is 0.298. The van der Waals surface area contributed by atoms with Gasteiger partial charge in [0.15, 0.2) is 11.5 Å². The highest BCUT2D eigenvalue weighted by Gasteiger charge is 2.17. The molecule has 0 atom stereocenters. The molecule has 4 nitrogen and oxygen atoms in total. The first-order chi connectivity index (χ1) is 6.93. The van der Waals surface area contributed by atoms with Crippen LogP contribution >= 0.6 is 0 Å². The fourth-order valence-electron chi connectivity index (χ4n) is 1.54. The zero-order valence-corrected chi connectivity index (χ0v) is 7.53. The highest BCUT2D eigenvalue weighted by molar-refractivity contribution is 5.95. The smallest absolute Gasteiger partial charge is 0.231 e. The molecule has 0 saturated carbocycles. The number of rotatable bonds is 1. The number of ether oxygens (including phenoxy) is 3. The van der Waals surface area contributed by atoms with Gasteiger partial charge in [-0.15, -0.1) is 0 Å². The van der Waals surface area contributed by atoms with Crippen molar-refractivity contribution in [2.45, 2.75) is 0 Å². The first-order valence-electron chi connectivity index (χ1n) is 4.51. The van der Waals surface area contributed by atoms with Gasteiger partial charge in [0.25, 0.3) is 0 Å². The van der Waals surface area contributed by atoms with E-state index in [-0.39, 0.29) is 0 Å². The van der Waals surface area contributed by atoms with Crippen molar-refractivity contribution in [3.05, 3.63) is 23.8 Å². The van der Waals surface area contributed by atoms with Gasteiger partial charge in [-0.3, -0.25) is 0 Å². The normalized spacial score (nSPS) is 17.9. The summed E-state index contributed by atoms with van der Waals surface area (Å²) < 4.78 is 15.8. The van der Waals surface area contributed by atoms with Crippen molar-refractivity contribution < 1.29 is 14.2 Å². The van der Waals surface area contributed by atoms with E-state index in [1.54, 1.807) is 0 Å². The Labute approximate surface area is 81.1 Å². The van der Waals surface area contributed by atoms with Gasteiger partial charge in [0.05, 0.1) is 6.54 Å². The Hall–Kier alpha value is -1.71. The lowest BCUT2D eigenvalue weighted by Crippen LogP contribution is -2.00. The summed E-state index contributed by atoms with van der Waals surface area (Å²) in [5, 5.41) is 0. The lowest BCUT2D eigenvalue weighted by atomic mass is 10.2. The Kier molecular flexibility index (Phi) is 1.59. The second-order valence-corrected chi connectivity index (χ2v) is 3.10. The van der Waals surface area contributed by atoms with Gasteiger partial charge in [-0.05, 0) is 18.2 Å². The molecule has 2 aliphatic rings. The van der Waals surface area contributed by atoms with Crippen LogP contribution in [0, 0.1) is 0 Å². The Bertz CT molecular complexity index is 400. The number of benzene rings is 1. The first-order valence-corrected chi connectivity index (χ1v) is 4.51. The van der Waals surface area contributed by atoms with Gasteiger partial charge >= 0.3 is 0 Å². The van der Waals surface area contributed by atoms with E-state index in [1.165, 1.54) is 0 Å². The third kappa shape index (κ3) is 1.11. The highest BCUT2D eigenvalue weighted by Crippen LogP contribution is 2.32. The average Bonchev–Trinajstić information content (AvgIpc) is 2.88. The van der Waals surface area contributed by atoms with Gasteiger partial charge < -0.3 is 14.2 Å². The van der Waals surface area contributed by atoms with Crippen LogP contribution in [0.5, 0.6) is 11.5 Å². The molecule has 14 heavy (non-hydrogen) atoms. The van der Waals surface area contributed by atoms with Crippen molar-refractivity contribution in [3.8, 4) is 11.5 Å². The van der Waals surface area contributed by atoms with Gasteiger partial charge in [0, 0.05) is 5.56 Å². The van der Waals surface area contributed by atoms with Crippen LogP contribution in [0.15, 0.2) is 23.2 Å². The van der Waals surface area contributed by atoms with Crippen LogP contribution in [-0.2, 0) is 4.74 Å². The molecule has 2 aliphatic heterocycles. The summed E-state index contributed by atoms with van der Waals surface area (Å²) in [5.74, 6) is 2.25. The molecule has 4 heteroatoms. The minimum atomic E-state index is 0.298. The van der Waals surface area contributed by atoms with Crippen LogP contribution in [0.2, 0.25) is 0 Å². The van der Waals surface area contributed by atoms with E-state index in [0.29, 0.717) is 19.3 Å². The lowest BCUT2D eigenvalue weighted by Gasteiger charge is -2.02. The molecular formula is C10H9NO3. The van der Waals surface area contributed by atoms with Crippen molar-refractivity contribution in [3.63, 3.8) is 0 Å². The van der Waals surface area contributed by atoms with Gasteiger partial charge in [0.1, 0.15) is 6.61 Å². The maximum absolute atomic E-state index is 5.35. The minimum Gasteiger partial charge on any atom is -0.476 e. The Morgan fingerprint density at radius 3 is 2.86 bits per heavy atom. The SMILES string of the molecule is c1cc2c(cc1C1=NCCO1)OCO2. The fourth-order valence-corrected chi connectivity index (χ4v) is 1.54. The molecule has 0 unspecified atom stereocenters. The highest BCUT2D eigenvalue weighted by atomic mass is 16.7. The molecule has 0 radical (unpaired) electrons. The van der Waals surface area contributed by atoms with Crippen LogP contribution in [0.25, 0.3) is 0 Å². The Morgan fingerprint density at radius 2 is 2.00 bits per heavy atom. The molecule has 0 saturated heterocycles. The van der Waals surface area contributed by atoms with Crippen molar-refractivity contribution in [1.82, 2.24) is 0 Å². The molecule has 1 aromatic rings. The third-order valence-electron chi connectivity index (χ3n) is 2.20. The second kappa shape index (κ2) is 2.90. The third-order valence-corrected chi connectivity index (χ3v) is 2.20. The van der Waals surface area contributed by atoms with Crippen LogP contribution in [0.4, 0.5) is 0 Å². The van der Waals surface area contributed by atoms with E-state index < -0.39 is 0 Å². The predicted molar refractivity (Wildman–Crippen MR) is 49.9 cm³/mol. The van der Waals surface area contributed by atoms with Gasteiger partial charge in [-0.2, -0.15) is 0 Å². The second-order valence-electron chi connectivity index (χ2n) is 3.10. The summed E-state index contributed by atoms with van der Waals surface area (Å²) in [7, 11) is 0. The number of hydrogen-bond acceptors (Lipinski definition) is 4. The summed E-state index contributed by atoms with van der Waals surface area (Å²) >= 11 is 0. The molecule has 0 aromatic heterocycles. The number of nitrogens with zero attached hydrogens (tertiary/aromatic N) is 1. The summed E-state index contributed by atoms with van der Waals surface area (Å²) in [4.78, 5) is 4.23. The number of fused-ring (bicyclic) bond motifs is 1. The van der Waals surface area contributed by atoms with E-state index in [9.17, 15) is 0 Å². The maximum atomic E-state index is 5.35. The van der Waals surface area contributed by atoms with Gasteiger partial charge in [-0.1, -0.05) is 0 Å². The molecule has 0 fully saturated rings. The van der Waals surface area contributed by atoms with Crippen LogP contribution in [-0.4, -0.2) is 25.8 Å². The molecule has 3 rings (SSSR count). The molecule has 0 spiro atoms. The maximum Gasteiger partial charge on any atom is 0.231 e. The van der Waals surface area contributed by atoms with E-state index in [0.717, 1.165) is 23.6 Å².